The van der Waals surface area contributed by atoms with E-state index < -0.39 is 5.63 Å². The van der Waals surface area contributed by atoms with Crippen LogP contribution in [0.5, 0.6) is 5.75 Å². The van der Waals surface area contributed by atoms with Gasteiger partial charge in [0.2, 0.25) is 0 Å². The molecule has 3 heterocycles. The largest absolute Gasteiger partial charge is 0.487 e. The van der Waals surface area contributed by atoms with Crippen LogP contribution in [0.2, 0.25) is 0 Å². The van der Waals surface area contributed by atoms with Gasteiger partial charge in [0.25, 0.3) is 5.56 Å². The summed E-state index contributed by atoms with van der Waals surface area (Å²) in [5.41, 5.74) is 0.467. The van der Waals surface area contributed by atoms with Crippen molar-refractivity contribution in [1.82, 2.24) is 9.38 Å². The maximum Gasteiger partial charge on any atom is 0.336 e. The van der Waals surface area contributed by atoms with Gasteiger partial charge in [0.05, 0.1) is 5.69 Å². The molecule has 0 saturated carbocycles. The van der Waals surface area contributed by atoms with E-state index in [1.165, 1.54) is 27.9 Å². The van der Waals surface area contributed by atoms with Crippen LogP contribution in [0.15, 0.2) is 56.6 Å². The van der Waals surface area contributed by atoms with Crippen molar-refractivity contribution in [2.45, 2.75) is 13.5 Å². The minimum absolute atomic E-state index is 0.132. The molecule has 3 aromatic heterocycles. The molecule has 0 N–H and O–H groups in total. The average molecular weight is 340 g/mol. The number of fused-ring (bicyclic) bond motifs is 2. The standard InChI is InChI=1S/C17H12N2O4S/c1-10-8-19-15(20)6-12(18-17(19)24-10)9-22-13-4-2-11-3-5-16(21)23-14(11)7-13/h2-8H,9H2,1H3. The van der Waals surface area contributed by atoms with Gasteiger partial charge < -0.3 is 9.15 Å². The van der Waals surface area contributed by atoms with Gasteiger partial charge in [-0.05, 0) is 25.1 Å². The van der Waals surface area contributed by atoms with E-state index in [0.717, 1.165) is 10.3 Å². The van der Waals surface area contributed by atoms with Gasteiger partial charge in [-0.3, -0.25) is 9.20 Å². The van der Waals surface area contributed by atoms with Crippen LogP contribution in [0.25, 0.3) is 15.9 Å². The van der Waals surface area contributed by atoms with Crippen LogP contribution in [0.3, 0.4) is 0 Å². The van der Waals surface area contributed by atoms with Crippen molar-refractivity contribution >= 4 is 27.3 Å². The van der Waals surface area contributed by atoms with E-state index in [2.05, 4.69) is 4.98 Å². The maximum absolute atomic E-state index is 12.1. The van der Waals surface area contributed by atoms with Crippen LogP contribution in [0.4, 0.5) is 0 Å². The first-order valence-electron chi connectivity index (χ1n) is 7.24. The summed E-state index contributed by atoms with van der Waals surface area (Å²) < 4.78 is 12.3. The molecule has 0 bridgehead atoms. The quantitative estimate of drug-likeness (QED) is 0.536. The summed E-state index contributed by atoms with van der Waals surface area (Å²) in [6.45, 7) is 2.09. The molecule has 4 rings (SSSR count). The Morgan fingerprint density at radius 3 is 2.92 bits per heavy atom. The monoisotopic (exact) mass is 340 g/mol. The topological polar surface area (TPSA) is 73.8 Å². The lowest BCUT2D eigenvalue weighted by Crippen LogP contribution is -2.14. The zero-order chi connectivity index (χ0) is 16.7. The first kappa shape index (κ1) is 14.6. The van der Waals surface area contributed by atoms with Crippen molar-refractivity contribution in [2.75, 3.05) is 0 Å². The summed E-state index contributed by atoms with van der Waals surface area (Å²) in [6, 6.07) is 9.77. The first-order valence-corrected chi connectivity index (χ1v) is 8.05. The van der Waals surface area contributed by atoms with Crippen LogP contribution in [0.1, 0.15) is 10.6 Å². The summed E-state index contributed by atoms with van der Waals surface area (Å²) in [5, 5.41) is 0.814. The van der Waals surface area contributed by atoms with E-state index in [1.54, 1.807) is 24.4 Å². The molecule has 0 aliphatic heterocycles. The fourth-order valence-corrected chi connectivity index (χ4v) is 3.27. The van der Waals surface area contributed by atoms with E-state index in [1.807, 2.05) is 13.0 Å². The van der Waals surface area contributed by atoms with Crippen molar-refractivity contribution in [2.24, 2.45) is 0 Å². The van der Waals surface area contributed by atoms with Crippen molar-refractivity contribution in [3.05, 3.63) is 73.9 Å². The second kappa shape index (κ2) is 5.61. The number of thiazole rings is 1. The van der Waals surface area contributed by atoms with Gasteiger partial charge >= 0.3 is 5.63 Å². The molecule has 0 fully saturated rings. The summed E-state index contributed by atoms with van der Waals surface area (Å²) in [6.07, 6.45) is 1.77. The highest BCUT2D eigenvalue weighted by Gasteiger charge is 2.07. The number of aromatic nitrogens is 2. The van der Waals surface area contributed by atoms with E-state index in [4.69, 9.17) is 9.15 Å². The highest BCUT2D eigenvalue weighted by molar-refractivity contribution is 7.16. The Hall–Kier alpha value is -2.93. The van der Waals surface area contributed by atoms with Gasteiger partial charge in [-0.25, -0.2) is 9.78 Å². The molecular formula is C17H12N2O4S. The lowest BCUT2D eigenvalue weighted by molar-refractivity contribution is 0.301. The minimum atomic E-state index is -0.409. The fourth-order valence-electron chi connectivity index (χ4n) is 2.42. The van der Waals surface area contributed by atoms with Gasteiger partial charge in [-0.2, -0.15) is 0 Å². The van der Waals surface area contributed by atoms with Crippen molar-refractivity contribution in [3.63, 3.8) is 0 Å². The molecule has 0 saturated heterocycles. The van der Waals surface area contributed by atoms with Gasteiger partial charge in [-0.15, -0.1) is 11.3 Å². The van der Waals surface area contributed by atoms with E-state index in [9.17, 15) is 9.59 Å². The van der Waals surface area contributed by atoms with Gasteiger partial charge in [0, 0.05) is 34.7 Å². The van der Waals surface area contributed by atoms with Crippen molar-refractivity contribution in [3.8, 4) is 5.75 Å². The van der Waals surface area contributed by atoms with Crippen molar-refractivity contribution < 1.29 is 9.15 Å². The second-order valence-corrected chi connectivity index (χ2v) is 6.54. The molecular weight excluding hydrogens is 328 g/mol. The summed E-state index contributed by atoms with van der Waals surface area (Å²) in [4.78, 5) is 29.4. The van der Waals surface area contributed by atoms with E-state index >= 15 is 0 Å². The number of aryl methyl sites for hydroxylation is 1. The maximum atomic E-state index is 12.1. The number of benzene rings is 1. The lowest BCUT2D eigenvalue weighted by Gasteiger charge is -2.06. The number of hydrogen-bond acceptors (Lipinski definition) is 6. The van der Waals surface area contributed by atoms with Crippen molar-refractivity contribution in [1.29, 1.82) is 0 Å². The molecule has 0 radical (unpaired) electrons. The predicted octanol–water partition coefficient (Wildman–Crippen LogP) is 2.75. The summed E-state index contributed by atoms with van der Waals surface area (Å²) in [7, 11) is 0. The highest BCUT2D eigenvalue weighted by atomic mass is 32.1. The van der Waals surface area contributed by atoms with Gasteiger partial charge in [0.1, 0.15) is 17.9 Å². The third-order valence-electron chi connectivity index (χ3n) is 3.52. The summed E-state index contributed by atoms with van der Waals surface area (Å²) >= 11 is 1.45. The van der Waals surface area contributed by atoms with Gasteiger partial charge in [-0.1, -0.05) is 0 Å². The van der Waals surface area contributed by atoms with Crippen LogP contribution in [-0.4, -0.2) is 9.38 Å². The zero-order valence-corrected chi connectivity index (χ0v) is 13.5. The third kappa shape index (κ3) is 2.69. The molecule has 0 spiro atoms. The Bertz CT molecular complexity index is 1170. The predicted molar refractivity (Wildman–Crippen MR) is 90.9 cm³/mol. The Morgan fingerprint density at radius 1 is 1.21 bits per heavy atom. The molecule has 0 aliphatic carbocycles. The lowest BCUT2D eigenvalue weighted by atomic mass is 10.2. The SMILES string of the molecule is Cc1cn2c(=O)cc(COc3ccc4ccc(=O)oc4c3)nc2s1. The van der Waals surface area contributed by atoms with E-state index in [-0.39, 0.29) is 12.2 Å². The van der Waals surface area contributed by atoms with Crippen LogP contribution >= 0.6 is 11.3 Å². The third-order valence-corrected chi connectivity index (χ3v) is 4.42. The minimum Gasteiger partial charge on any atom is -0.487 e. The van der Waals surface area contributed by atoms with Crippen LogP contribution in [-0.2, 0) is 6.61 Å². The molecule has 0 atom stereocenters. The molecule has 6 nitrogen and oxygen atoms in total. The highest BCUT2D eigenvalue weighted by Crippen LogP contribution is 2.20. The average Bonchev–Trinajstić information content (AvgIpc) is 2.93. The molecule has 1 aromatic carbocycles. The Kier molecular flexibility index (Phi) is 3.42. The van der Waals surface area contributed by atoms with Gasteiger partial charge in [0.15, 0.2) is 4.96 Å². The smallest absolute Gasteiger partial charge is 0.336 e. The Balaban J connectivity index is 1.62. The number of nitrogens with zero attached hydrogens (tertiary/aromatic N) is 2. The van der Waals surface area contributed by atoms with Crippen LogP contribution < -0.4 is 15.9 Å². The molecule has 7 heteroatoms. The molecule has 0 amide bonds. The normalized spacial score (nSPS) is 11.2. The van der Waals surface area contributed by atoms with E-state index in [0.29, 0.717) is 22.0 Å². The summed E-state index contributed by atoms with van der Waals surface area (Å²) in [5.74, 6) is 0.543. The molecule has 120 valence electrons. The molecule has 4 aromatic rings. The Morgan fingerprint density at radius 2 is 2.04 bits per heavy atom. The molecule has 0 aliphatic rings. The number of rotatable bonds is 3. The fraction of sp³-hybridized carbons (Fsp3) is 0.118. The Labute approximate surface area is 139 Å². The number of ether oxygens (including phenoxy) is 1. The van der Waals surface area contributed by atoms with Crippen LogP contribution in [0, 0.1) is 6.92 Å². The zero-order valence-electron chi connectivity index (χ0n) is 12.7. The second-order valence-electron chi connectivity index (χ2n) is 5.32. The molecule has 0 unspecified atom stereocenters. The first-order chi connectivity index (χ1) is 11.6. The number of hydrogen-bond donors (Lipinski definition) is 0. The molecule has 24 heavy (non-hydrogen) atoms.